The third-order valence-corrected chi connectivity index (χ3v) is 5.07. The molecule has 7 nitrogen and oxygen atoms in total. The van der Waals surface area contributed by atoms with E-state index < -0.39 is 0 Å². The van der Waals surface area contributed by atoms with Gasteiger partial charge in [0.2, 0.25) is 0 Å². The zero-order valence-electron chi connectivity index (χ0n) is 16.2. The van der Waals surface area contributed by atoms with Crippen LogP contribution in [0.5, 0.6) is 0 Å². The number of carbonyl (C=O) groups excluding carboxylic acids is 1. The highest BCUT2D eigenvalue weighted by Gasteiger charge is 2.10. The van der Waals surface area contributed by atoms with Crippen LogP contribution in [-0.4, -0.2) is 26.3 Å². The van der Waals surface area contributed by atoms with Gasteiger partial charge in [-0.05, 0) is 54.6 Å². The molecular weight excluding hydrogens is 412 g/mol. The lowest BCUT2D eigenvalue weighted by Gasteiger charge is -2.10. The fourth-order valence-corrected chi connectivity index (χ4v) is 3.56. The first kappa shape index (κ1) is 18.9. The van der Waals surface area contributed by atoms with Gasteiger partial charge in [-0.15, -0.1) is 0 Å². The zero-order valence-corrected chi connectivity index (χ0v) is 16.9. The highest BCUT2D eigenvalue weighted by atomic mass is 35.5. The molecule has 0 radical (unpaired) electrons. The Kier molecular flexibility index (Phi) is 4.86. The van der Waals surface area contributed by atoms with E-state index in [2.05, 4.69) is 31.0 Å². The van der Waals surface area contributed by atoms with Crippen molar-refractivity contribution in [3.63, 3.8) is 0 Å². The van der Waals surface area contributed by atoms with E-state index in [1.807, 2.05) is 48.7 Å². The van der Waals surface area contributed by atoms with E-state index in [4.69, 9.17) is 11.6 Å². The lowest BCUT2D eigenvalue weighted by atomic mass is 10.1. The fourth-order valence-electron chi connectivity index (χ4n) is 3.37. The van der Waals surface area contributed by atoms with Crippen molar-refractivity contribution in [1.29, 1.82) is 0 Å². The number of aromatic nitrogens is 4. The summed E-state index contributed by atoms with van der Waals surface area (Å²) in [5.74, 6) is -0.217. The molecule has 0 saturated carbocycles. The van der Waals surface area contributed by atoms with Gasteiger partial charge >= 0.3 is 0 Å². The normalized spacial score (nSPS) is 10.9. The molecule has 2 aromatic heterocycles. The van der Waals surface area contributed by atoms with Gasteiger partial charge in [0, 0.05) is 44.8 Å². The predicted molar refractivity (Wildman–Crippen MR) is 123 cm³/mol. The number of anilines is 3. The molecular formula is C23H17ClN6O. The number of nitrogens with zero attached hydrogens (tertiary/aromatic N) is 2. The standard InChI is InChI=1S/C23H17ClN6O/c24-16-4-1-3-14(9-16)23(31)28-18-6-2-5-17(10-18)27-19-7-8-20-21(11-19)29-30-22(20)15-12-25-26-13-15/h1-13,27H,(H,25,26)(H,28,31)(H,29,30). The Bertz CT molecular complexity index is 1380. The minimum Gasteiger partial charge on any atom is -0.355 e. The van der Waals surface area contributed by atoms with Crippen LogP contribution in [0.4, 0.5) is 17.1 Å². The van der Waals surface area contributed by atoms with Crippen molar-refractivity contribution < 1.29 is 4.79 Å². The minimum atomic E-state index is -0.217. The number of benzene rings is 3. The summed E-state index contributed by atoms with van der Waals surface area (Å²) in [7, 11) is 0. The molecule has 0 spiro atoms. The van der Waals surface area contributed by atoms with E-state index in [0.29, 0.717) is 16.3 Å². The van der Waals surface area contributed by atoms with E-state index in [1.54, 1.807) is 30.5 Å². The van der Waals surface area contributed by atoms with Crippen LogP contribution < -0.4 is 10.6 Å². The molecule has 0 saturated heterocycles. The molecule has 0 atom stereocenters. The number of nitrogens with one attached hydrogen (secondary N) is 4. The number of carbonyl (C=O) groups is 1. The molecule has 8 heteroatoms. The molecule has 0 aliphatic rings. The van der Waals surface area contributed by atoms with Crippen LogP contribution in [0.25, 0.3) is 22.2 Å². The maximum absolute atomic E-state index is 12.5. The highest BCUT2D eigenvalue weighted by Crippen LogP contribution is 2.29. The van der Waals surface area contributed by atoms with Crippen molar-refractivity contribution in [3.05, 3.63) is 89.7 Å². The summed E-state index contributed by atoms with van der Waals surface area (Å²) in [5.41, 5.74) is 5.61. The van der Waals surface area contributed by atoms with Crippen molar-refractivity contribution in [2.45, 2.75) is 0 Å². The average molecular weight is 429 g/mol. The van der Waals surface area contributed by atoms with Gasteiger partial charge in [0.15, 0.2) is 0 Å². The molecule has 1 amide bonds. The summed E-state index contributed by atoms with van der Waals surface area (Å²) in [4.78, 5) is 12.5. The summed E-state index contributed by atoms with van der Waals surface area (Å²) in [6.45, 7) is 0. The molecule has 5 rings (SSSR count). The molecule has 2 heterocycles. The van der Waals surface area contributed by atoms with Gasteiger partial charge in [-0.2, -0.15) is 10.2 Å². The first-order valence-corrected chi connectivity index (χ1v) is 9.95. The number of halogens is 1. The van der Waals surface area contributed by atoms with Gasteiger partial charge in [-0.3, -0.25) is 15.0 Å². The molecule has 152 valence electrons. The van der Waals surface area contributed by atoms with E-state index in [-0.39, 0.29) is 5.91 Å². The Hall–Kier alpha value is -4.10. The predicted octanol–water partition coefficient (Wildman–Crippen LogP) is 5.60. The fraction of sp³-hybridized carbons (Fsp3) is 0. The quantitative estimate of drug-likeness (QED) is 0.292. The van der Waals surface area contributed by atoms with Gasteiger partial charge in [0.25, 0.3) is 5.91 Å². The van der Waals surface area contributed by atoms with Crippen molar-refractivity contribution in [2.24, 2.45) is 0 Å². The summed E-state index contributed by atoms with van der Waals surface area (Å²) in [6.07, 6.45) is 3.55. The second-order valence-electron chi connectivity index (χ2n) is 6.99. The molecule has 0 bridgehead atoms. The molecule has 31 heavy (non-hydrogen) atoms. The van der Waals surface area contributed by atoms with E-state index in [9.17, 15) is 4.79 Å². The Balaban J connectivity index is 1.34. The molecule has 0 aliphatic carbocycles. The first-order chi connectivity index (χ1) is 15.2. The monoisotopic (exact) mass is 428 g/mol. The van der Waals surface area contributed by atoms with Crippen LogP contribution in [-0.2, 0) is 0 Å². The summed E-state index contributed by atoms with van der Waals surface area (Å²) in [6, 6.07) is 20.3. The van der Waals surface area contributed by atoms with Crippen molar-refractivity contribution in [3.8, 4) is 11.3 Å². The third kappa shape index (κ3) is 3.99. The van der Waals surface area contributed by atoms with Gasteiger partial charge in [-0.1, -0.05) is 23.7 Å². The van der Waals surface area contributed by atoms with Gasteiger partial charge in [-0.25, -0.2) is 0 Å². The smallest absolute Gasteiger partial charge is 0.255 e. The van der Waals surface area contributed by atoms with Crippen molar-refractivity contribution in [1.82, 2.24) is 20.4 Å². The molecule has 0 unspecified atom stereocenters. The van der Waals surface area contributed by atoms with Crippen LogP contribution in [0.2, 0.25) is 5.02 Å². The summed E-state index contributed by atoms with van der Waals surface area (Å²) < 4.78 is 0. The van der Waals surface area contributed by atoms with Crippen LogP contribution in [0, 0.1) is 0 Å². The Morgan fingerprint density at radius 2 is 1.77 bits per heavy atom. The molecule has 0 aliphatic heterocycles. The average Bonchev–Trinajstić information content (AvgIpc) is 3.43. The molecule has 4 N–H and O–H groups in total. The number of rotatable bonds is 5. The summed E-state index contributed by atoms with van der Waals surface area (Å²) in [5, 5.41) is 22.0. The largest absolute Gasteiger partial charge is 0.355 e. The Labute approximate surface area is 182 Å². The number of amides is 1. The molecule has 3 aromatic carbocycles. The van der Waals surface area contributed by atoms with Crippen LogP contribution >= 0.6 is 11.6 Å². The maximum Gasteiger partial charge on any atom is 0.255 e. The third-order valence-electron chi connectivity index (χ3n) is 4.83. The second-order valence-corrected chi connectivity index (χ2v) is 7.43. The second kappa shape index (κ2) is 7.97. The van der Waals surface area contributed by atoms with Gasteiger partial charge in [0.05, 0.1) is 11.7 Å². The van der Waals surface area contributed by atoms with Crippen LogP contribution in [0.1, 0.15) is 10.4 Å². The van der Waals surface area contributed by atoms with Gasteiger partial charge < -0.3 is 10.6 Å². The van der Waals surface area contributed by atoms with Gasteiger partial charge in [0.1, 0.15) is 5.69 Å². The van der Waals surface area contributed by atoms with Crippen LogP contribution in [0.15, 0.2) is 79.1 Å². The number of hydrogen-bond acceptors (Lipinski definition) is 4. The molecule has 5 aromatic rings. The van der Waals surface area contributed by atoms with E-state index in [0.717, 1.165) is 33.5 Å². The zero-order chi connectivity index (χ0) is 21.2. The Morgan fingerprint density at radius 3 is 2.61 bits per heavy atom. The topological polar surface area (TPSA) is 98.5 Å². The van der Waals surface area contributed by atoms with Crippen LogP contribution in [0.3, 0.4) is 0 Å². The lowest BCUT2D eigenvalue weighted by molar-refractivity contribution is 0.102. The highest BCUT2D eigenvalue weighted by molar-refractivity contribution is 6.31. The molecule has 0 fully saturated rings. The number of fused-ring (bicyclic) bond motifs is 1. The van der Waals surface area contributed by atoms with Crippen molar-refractivity contribution >= 4 is 45.5 Å². The first-order valence-electron chi connectivity index (χ1n) is 9.57. The number of aromatic amines is 2. The minimum absolute atomic E-state index is 0.217. The summed E-state index contributed by atoms with van der Waals surface area (Å²) >= 11 is 5.98. The lowest BCUT2D eigenvalue weighted by Crippen LogP contribution is -2.11. The van der Waals surface area contributed by atoms with E-state index in [1.165, 1.54) is 0 Å². The SMILES string of the molecule is O=C(Nc1cccc(Nc2ccc3c(-c4cn[nH]c4)n[nH]c3c2)c1)c1cccc(Cl)c1. The Morgan fingerprint density at radius 1 is 0.935 bits per heavy atom. The number of H-pyrrole nitrogens is 2. The van der Waals surface area contributed by atoms with E-state index >= 15 is 0 Å². The van der Waals surface area contributed by atoms with Crippen molar-refractivity contribution in [2.75, 3.05) is 10.6 Å². The maximum atomic E-state index is 12.5. The number of hydrogen-bond donors (Lipinski definition) is 4.